The Morgan fingerprint density at radius 3 is 2.62 bits per heavy atom. The number of rotatable bonds is 6. The third-order valence-electron chi connectivity index (χ3n) is 3.92. The molecule has 1 aromatic heterocycles. The molecule has 0 spiro atoms. The van der Waals surface area contributed by atoms with Crippen molar-refractivity contribution < 1.29 is 4.79 Å². The van der Waals surface area contributed by atoms with Crippen molar-refractivity contribution in [1.29, 1.82) is 5.26 Å². The van der Waals surface area contributed by atoms with Crippen molar-refractivity contribution in [3.8, 4) is 17.3 Å². The number of aromatic nitrogens is 1. The van der Waals surface area contributed by atoms with Gasteiger partial charge in [-0.1, -0.05) is 38.1 Å². The molecule has 0 aliphatic carbocycles. The Bertz CT molecular complexity index is 799. The van der Waals surface area contributed by atoms with Gasteiger partial charge in [0.1, 0.15) is 11.6 Å². The molecule has 2 aromatic rings. The Morgan fingerprint density at radius 2 is 2.08 bits per heavy atom. The number of nitriles is 1. The van der Waals surface area contributed by atoms with Crippen LogP contribution in [0.2, 0.25) is 0 Å². The first-order valence-electron chi connectivity index (χ1n) is 7.69. The van der Waals surface area contributed by atoms with E-state index in [1.807, 2.05) is 5.38 Å². The van der Waals surface area contributed by atoms with Crippen LogP contribution in [0.4, 0.5) is 5.13 Å². The molecule has 0 bridgehead atoms. The Hall–Kier alpha value is -2.65. The van der Waals surface area contributed by atoms with Gasteiger partial charge < -0.3 is 11.1 Å². The van der Waals surface area contributed by atoms with Gasteiger partial charge >= 0.3 is 0 Å². The zero-order valence-electron chi connectivity index (χ0n) is 14.0. The number of benzene rings is 1. The second kappa shape index (κ2) is 7.75. The summed E-state index contributed by atoms with van der Waals surface area (Å²) < 4.78 is 0. The molecule has 6 heteroatoms. The highest BCUT2D eigenvalue weighted by Crippen LogP contribution is 2.28. The summed E-state index contributed by atoms with van der Waals surface area (Å²) in [6.45, 7) is 6.01. The molecule has 1 atom stereocenters. The lowest BCUT2D eigenvalue weighted by atomic mass is 9.97. The van der Waals surface area contributed by atoms with Gasteiger partial charge in [0.05, 0.1) is 5.69 Å². The highest BCUT2D eigenvalue weighted by Gasteiger charge is 2.11. The van der Waals surface area contributed by atoms with E-state index in [0.717, 1.165) is 17.7 Å². The third kappa shape index (κ3) is 4.00. The maximum Gasteiger partial charge on any atom is 0.261 e. The number of hydrogen-bond donors (Lipinski definition) is 2. The van der Waals surface area contributed by atoms with Crippen LogP contribution in [0.15, 0.2) is 40.9 Å². The Kier molecular flexibility index (Phi) is 5.72. The molecule has 1 aromatic carbocycles. The summed E-state index contributed by atoms with van der Waals surface area (Å²) in [5, 5.41) is 14.5. The topological polar surface area (TPSA) is 91.8 Å². The SMILES string of the molecule is CCC(C)c1ccc(-c2csc(N/C(C)=C(\C#N)C(N)=O)n2)cc1. The summed E-state index contributed by atoms with van der Waals surface area (Å²) >= 11 is 1.41. The van der Waals surface area contributed by atoms with E-state index in [0.29, 0.717) is 16.7 Å². The molecule has 3 N–H and O–H groups in total. The Morgan fingerprint density at radius 1 is 1.42 bits per heavy atom. The standard InChI is InChI=1S/C18H20N4OS/c1-4-11(2)13-5-7-14(8-6-13)16-10-24-18(22-16)21-12(3)15(9-19)17(20)23/h5-8,10-11H,4H2,1-3H3,(H2,20,23)(H,21,22)/b15-12+. The van der Waals surface area contributed by atoms with Gasteiger partial charge in [0, 0.05) is 16.6 Å². The van der Waals surface area contributed by atoms with E-state index in [9.17, 15) is 4.79 Å². The maximum absolute atomic E-state index is 11.2. The minimum absolute atomic E-state index is 0.0929. The first-order valence-corrected chi connectivity index (χ1v) is 8.57. The lowest BCUT2D eigenvalue weighted by molar-refractivity contribution is -0.114. The second-order valence-corrected chi connectivity index (χ2v) is 6.43. The number of primary amides is 1. The van der Waals surface area contributed by atoms with Crippen LogP contribution in [0.25, 0.3) is 11.3 Å². The quantitative estimate of drug-likeness (QED) is 0.613. The molecule has 0 saturated carbocycles. The van der Waals surface area contributed by atoms with Crippen molar-refractivity contribution in [1.82, 2.24) is 4.98 Å². The number of thiazole rings is 1. The molecule has 0 aliphatic rings. The zero-order chi connectivity index (χ0) is 17.7. The molecule has 0 saturated heterocycles. The van der Waals surface area contributed by atoms with E-state index < -0.39 is 5.91 Å². The van der Waals surface area contributed by atoms with Crippen LogP contribution in [-0.2, 0) is 4.79 Å². The molecule has 0 aliphatic heterocycles. The van der Waals surface area contributed by atoms with Crippen LogP contribution in [0.3, 0.4) is 0 Å². The number of allylic oxidation sites excluding steroid dienone is 1. The number of anilines is 1. The van der Waals surface area contributed by atoms with Crippen LogP contribution < -0.4 is 11.1 Å². The molecule has 1 heterocycles. The van der Waals surface area contributed by atoms with E-state index in [1.54, 1.807) is 13.0 Å². The predicted molar refractivity (Wildman–Crippen MR) is 97.4 cm³/mol. The van der Waals surface area contributed by atoms with Gasteiger partial charge in [0.25, 0.3) is 5.91 Å². The molecule has 2 rings (SSSR count). The molecule has 0 radical (unpaired) electrons. The smallest absolute Gasteiger partial charge is 0.261 e. The molecule has 0 fully saturated rings. The fourth-order valence-corrected chi connectivity index (χ4v) is 3.00. The summed E-state index contributed by atoms with van der Waals surface area (Å²) in [5.41, 5.74) is 8.67. The van der Waals surface area contributed by atoms with Crippen LogP contribution in [-0.4, -0.2) is 10.9 Å². The van der Waals surface area contributed by atoms with E-state index in [2.05, 4.69) is 48.4 Å². The van der Waals surface area contributed by atoms with Gasteiger partial charge in [-0.2, -0.15) is 5.26 Å². The van der Waals surface area contributed by atoms with Crippen molar-refractivity contribution in [2.24, 2.45) is 5.73 Å². The monoisotopic (exact) mass is 340 g/mol. The average Bonchev–Trinajstić information content (AvgIpc) is 3.03. The third-order valence-corrected chi connectivity index (χ3v) is 4.68. The van der Waals surface area contributed by atoms with E-state index in [4.69, 9.17) is 11.0 Å². The fraction of sp³-hybridized carbons (Fsp3) is 0.278. The number of nitrogens with two attached hydrogens (primary N) is 1. The molecular weight excluding hydrogens is 320 g/mol. The summed E-state index contributed by atoms with van der Waals surface area (Å²) in [5.74, 6) is -0.211. The van der Waals surface area contributed by atoms with Gasteiger partial charge in [-0.25, -0.2) is 4.98 Å². The molecular formula is C18H20N4OS. The molecule has 1 amide bonds. The van der Waals surface area contributed by atoms with Crippen LogP contribution >= 0.6 is 11.3 Å². The van der Waals surface area contributed by atoms with Crippen molar-refractivity contribution >= 4 is 22.4 Å². The normalized spacial score (nSPS) is 12.9. The van der Waals surface area contributed by atoms with E-state index in [-0.39, 0.29) is 5.57 Å². The molecule has 5 nitrogen and oxygen atoms in total. The summed E-state index contributed by atoms with van der Waals surface area (Å²) in [7, 11) is 0. The van der Waals surface area contributed by atoms with Gasteiger partial charge in [-0.3, -0.25) is 4.79 Å². The summed E-state index contributed by atoms with van der Waals surface area (Å²) in [4.78, 5) is 15.7. The number of nitrogens with one attached hydrogen (secondary N) is 1. The van der Waals surface area contributed by atoms with E-state index in [1.165, 1.54) is 16.9 Å². The average molecular weight is 340 g/mol. The van der Waals surface area contributed by atoms with Crippen LogP contribution in [0.1, 0.15) is 38.7 Å². The van der Waals surface area contributed by atoms with Gasteiger partial charge in [-0.05, 0) is 24.8 Å². The number of nitrogens with zero attached hydrogens (tertiary/aromatic N) is 2. The number of carbonyl (C=O) groups is 1. The van der Waals surface area contributed by atoms with E-state index >= 15 is 0 Å². The predicted octanol–water partition coefficient (Wildman–Crippen LogP) is 4.02. The number of hydrogen-bond acceptors (Lipinski definition) is 5. The largest absolute Gasteiger partial charge is 0.365 e. The minimum atomic E-state index is -0.750. The van der Waals surface area contributed by atoms with Crippen LogP contribution in [0.5, 0.6) is 0 Å². The van der Waals surface area contributed by atoms with Crippen LogP contribution in [0, 0.1) is 11.3 Å². The van der Waals surface area contributed by atoms with Gasteiger partial charge in [0.15, 0.2) is 5.13 Å². The summed E-state index contributed by atoms with van der Waals surface area (Å²) in [6, 6.07) is 10.2. The second-order valence-electron chi connectivity index (χ2n) is 5.57. The fourth-order valence-electron chi connectivity index (χ4n) is 2.23. The molecule has 124 valence electrons. The van der Waals surface area contributed by atoms with Crippen molar-refractivity contribution in [3.05, 3.63) is 46.5 Å². The first-order chi connectivity index (χ1) is 11.5. The number of carbonyl (C=O) groups excluding carboxylic acids is 1. The first kappa shape index (κ1) is 17.7. The molecule has 24 heavy (non-hydrogen) atoms. The lowest BCUT2D eigenvalue weighted by Crippen LogP contribution is -2.16. The van der Waals surface area contributed by atoms with Crippen molar-refractivity contribution in [3.63, 3.8) is 0 Å². The molecule has 1 unspecified atom stereocenters. The van der Waals surface area contributed by atoms with Gasteiger partial charge in [0.2, 0.25) is 0 Å². The highest BCUT2D eigenvalue weighted by atomic mass is 32.1. The lowest BCUT2D eigenvalue weighted by Gasteiger charge is -2.09. The van der Waals surface area contributed by atoms with Crippen molar-refractivity contribution in [2.45, 2.75) is 33.1 Å². The van der Waals surface area contributed by atoms with Gasteiger partial charge in [-0.15, -0.1) is 11.3 Å². The Balaban J connectivity index is 2.19. The zero-order valence-corrected chi connectivity index (χ0v) is 14.8. The highest BCUT2D eigenvalue weighted by molar-refractivity contribution is 7.14. The number of amides is 1. The maximum atomic E-state index is 11.2. The Labute approximate surface area is 145 Å². The minimum Gasteiger partial charge on any atom is -0.365 e. The summed E-state index contributed by atoms with van der Waals surface area (Å²) in [6.07, 6.45) is 1.11. The van der Waals surface area contributed by atoms with Crippen molar-refractivity contribution in [2.75, 3.05) is 5.32 Å².